The number of hydrogen-bond donors (Lipinski definition) is 2. The molecule has 90 valence electrons. The number of H-pyrrole nitrogens is 1. The molecule has 0 saturated carbocycles. The second-order valence-corrected chi connectivity index (χ2v) is 4.57. The maximum Gasteiger partial charge on any atom is 0.0925 e. The molecule has 3 heteroatoms. The summed E-state index contributed by atoms with van der Waals surface area (Å²) in [7, 11) is 0. The van der Waals surface area contributed by atoms with Gasteiger partial charge in [-0.1, -0.05) is 32.0 Å². The predicted octanol–water partition coefficient (Wildman–Crippen LogP) is 3.45. The number of aromatic amines is 1. The molecule has 0 aliphatic carbocycles. The lowest BCUT2D eigenvalue weighted by Crippen LogP contribution is -2.04. The van der Waals surface area contributed by atoms with E-state index in [1.807, 2.05) is 6.92 Å². The lowest BCUT2D eigenvalue weighted by atomic mass is 10.0. The highest BCUT2D eigenvalue weighted by atomic mass is 14.9. The number of benzene rings is 1. The average Bonchev–Trinajstić information content (AvgIpc) is 2.72. The van der Waals surface area contributed by atoms with Gasteiger partial charge in [-0.25, -0.2) is 4.98 Å². The first kappa shape index (κ1) is 11.7. The van der Waals surface area contributed by atoms with Gasteiger partial charge in [0.05, 0.1) is 18.6 Å². The second kappa shape index (κ2) is 5.04. The summed E-state index contributed by atoms with van der Waals surface area (Å²) >= 11 is 0. The van der Waals surface area contributed by atoms with Crippen LogP contribution in [0.3, 0.4) is 0 Å². The Labute approximate surface area is 102 Å². The first-order valence-corrected chi connectivity index (χ1v) is 6.00. The highest BCUT2D eigenvalue weighted by Gasteiger charge is 2.06. The van der Waals surface area contributed by atoms with Crippen molar-refractivity contribution >= 4 is 5.69 Å². The van der Waals surface area contributed by atoms with Crippen LogP contribution in [-0.4, -0.2) is 9.97 Å². The summed E-state index contributed by atoms with van der Waals surface area (Å²) in [5.74, 6) is 0.527. The lowest BCUT2D eigenvalue weighted by Gasteiger charge is -2.14. The minimum absolute atomic E-state index is 0.527. The van der Waals surface area contributed by atoms with E-state index >= 15 is 0 Å². The number of rotatable bonds is 4. The number of nitrogens with one attached hydrogen (secondary N) is 2. The smallest absolute Gasteiger partial charge is 0.0925 e. The number of imidazole rings is 1. The molecule has 2 N–H and O–H groups in total. The van der Waals surface area contributed by atoms with E-state index in [0.717, 1.165) is 17.9 Å². The molecule has 2 aromatic rings. The van der Waals surface area contributed by atoms with Crippen LogP contribution >= 0.6 is 0 Å². The van der Waals surface area contributed by atoms with Gasteiger partial charge in [-0.05, 0) is 24.5 Å². The molecule has 3 nitrogen and oxygen atoms in total. The summed E-state index contributed by atoms with van der Waals surface area (Å²) in [4.78, 5) is 7.38. The molecule has 0 saturated heterocycles. The molecule has 0 amide bonds. The van der Waals surface area contributed by atoms with Crippen LogP contribution in [0.1, 0.15) is 36.7 Å². The van der Waals surface area contributed by atoms with Gasteiger partial charge in [-0.3, -0.25) is 0 Å². The Bertz CT molecular complexity index is 486. The summed E-state index contributed by atoms with van der Waals surface area (Å²) in [6.45, 7) is 7.22. The SMILES string of the molecule is Cc1[nH]cnc1CNc1ccccc1C(C)C. The topological polar surface area (TPSA) is 40.7 Å². The number of hydrogen-bond acceptors (Lipinski definition) is 2. The fourth-order valence-corrected chi connectivity index (χ4v) is 1.91. The van der Waals surface area contributed by atoms with Crippen molar-refractivity contribution in [2.75, 3.05) is 5.32 Å². The van der Waals surface area contributed by atoms with Crippen molar-refractivity contribution in [1.29, 1.82) is 0 Å². The van der Waals surface area contributed by atoms with Crippen LogP contribution in [0.2, 0.25) is 0 Å². The lowest BCUT2D eigenvalue weighted by molar-refractivity contribution is 0.864. The van der Waals surface area contributed by atoms with Crippen molar-refractivity contribution in [2.24, 2.45) is 0 Å². The molecule has 1 aromatic carbocycles. The summed E-state index contributed by atoms with van der Waals surface area (Å²) < 4.78 is 0. The van der Waals surface area contributed by atoms with E-state index in [4.69, 9.17) is 0 Å². The summed E-state index contributed by atoms with van der Waals surface area (Å²) in [5.41, 5.74) is 4.74. The summed E-state index contributed by atoms with van der Waals surface area (Å²) in [5, 5.41) is 3.46. The number of aromatic nitrogens is 2. The Morgan fingerprint density at radius 3 is 2.71 bits per heavy atom. The molecule has 0 fully saturated rings. The van der Waals surface area contributed by atoms with Gasteiger partial charge in [0, 0.05) is 11.4 Å². The van der Waals surface area contributed by atoms with Crippen LogP contribution in [0.25, 0.3) is 0 Å². The number of para-hydroxylation sites is 1. The van der Waals surface area contributed by atoms with Crippen LogP contribution in [-0.2, 0) is 6.54 Å². The summed E-state index contributed by atoms with van der Waals surface area (Å²) in [6.07, 6.45) is 1.74. The molecule has 0 aliphatic rings. The molecule has 1 heterocycles. The van der Waals surface area contributed by atoms with Crippen molar-refractivity contribution in [1.82, 2.24) is 9.97 Å². The highest BCUT2D eigenvalue weighted by Crippen LogP contribution is 2.24. The molecular formula is C14H19N3. The molecule has 0 aliphatic heterocycles. The monoisotopic (exact) mass is 229 g/mol. The molecule has 2 rings (SSSR count). The van der Waals surface area contributed by atoms with Crippen LogP contribution in [0.15, 0.2) is 30.6 Å². The largest absolute Gasteiger partial charge is 0.379 e. The highest BCUT2D eigenvalue weighted by molar-refractivity contribution is 5.52. The Morgan fingerprint density at radius 1 is 1.29 bits per heavy atom. The third kappa shape index (κ3) is 2.67. The third-order valence-corrected chi connectivity index (χ3v) is 2.96. The van der Waals surface area contributed by atoms with E-state index in [1.54, 1.807) is 6.33 Å². The van der Waals surface area contributed by atoms with E-state index < -0.39 is 0 Å². The molecule has 1 aromatic heterocycles. The Hall–Kier alpha value is -1.77. The molecular weight excluding hydrogens is 210 g/mol. The van der Waals surface area contributed by atoms with Gasteiger partial charge < -0.3 is 10.3 Å². The van der Waals surface area contributed by atoms with E-state index in [-0.39, 0.29) is 0 Å². The number of anilines is 1. The minimum atomic E-state index is 0.527. The van der Waals surface area contributed by atoms with Crippen LogP contribution in [0.5, 0.6) is 0 Å². The van der Waals surface area contributed by atoms with E-state index in [9.17, 15) is 0 Å². The molecule has 17 heavy (non-hydrogen) atoms. The maximum absolute atomic E-state index is 4.29. The molecule has 0 radical (unpaired) electrons. The zero-order valence-corrected chi connectivity index (χ0v) is 10.6. The van der Waals surface area contributed by atoms with Crippen molar-refractivity contribution in [3.05, 3.63) is 47.5 Å². The molecule has 0 unspecified atom stereocenters. The van der Waals surface area contributed by atoms with Gasteiger partial charge in [0.1, 0.15) is 0 Å². The van der Waals surface area contributed by atoms with Crippen molar-refractivity contribution in [3.63, 3.8) is 0 Å². The zero-order valence-electron chi connectivity index (χ0n) is 10.6. The fraction of sp³-hybridized carbons (Fsp3) is 0.357. The number of aryl methyl sites for hydroxylation is 1. The second-order valence-electron chi connectivity index (χ2n) is 4.57. The van der Waals surface area contributed by atoms with Crippen molar-refractivity contribution < 1.29 is 0 Å². The molecule has 0 bridgehead atoms. The van der Waals surface area contributed by atoms with Crippen molar-refractivity contribution in [3.8, 4) is 0 Å². The Kier molecular flexibility index (Phi) is 3.47. The third-order valence-electron chi connectivity index (χ3n) is 2.96. The van der Waals surface area contributed by atoms with Crippen LogP contribution in [0.4, 0.5) is 5.69 Å². The zero-order chi connectivity index (χ0) is 12.3. The van der Waals surface area contributed by atoms with Gasteiger partial charge in [0.25, 0.3) is 0 Å². The van der Waals surface area contributed by atoms with Gasteiger partial charge in [0.2, 0.25) is 0 Å². The van der Waals surface area contributed by atoms with E-state index in [1.165, 1.54) is 11.3 Å². The molecule has 0 atom stereocenters. The number of nitrogens with zero attached hydrogens (tertiary/aromatic N) is 1. The fourth-order valence-electron chi connectivity index (χ4n) is 1.91. The Balaban J connectivity index is 2.11. The normalized spacial score (nSPS) is 10.8. The minimum Gasteiger partial charge on any atom is -0.379 e. The van der Waals surface area contributed by atoms with Crippen LogP contribution in [0, 0.1) is 6.92 Å². The van der Waals surface area contributed by atoms with E-state index in [2.05, 4.69) is 53.4 Å². The predicted molar refractivity (Wildman–Crippen MR) is 71.2 cm³/mol. The average molecular weight is 229 g/mol. The van der Waals surface area contributed by atoms with Gasteiger partial charge in [-0.2, -0.15) is 0 Å². The maximum atomic E-state index is 4.29. The quantitative estimate of drug-likeness (QED) is 0.843. The van der Waals surface area contributed by atoms with Crippen molar-refractivity contribution in [2.45, 2.75) is 33.2 Å². The Morgan fingerprint density at radius 2 is 2.06 bits per heavy atom. The van der Waals surface area contributed by atoms with Gasteiger partial charge in [-0.15, -0.1) is 0 Å². The summed E-state index contributed by atoms with van der Waals surface area (Å²) in [6, 6.07) is 8.44. The van der Waals surface area contributed by atoms with Gasteiger partial charge >= 0.3 is 0 Å². The van der Waals surface area contributed by atoms with Gasteiger partial charge in [0.15, 0.2) is 0 Å². The first-order chi connectivity index (χ1) is 8.18. The van der Waals surface area contributed by atoms with Crippen LogP contribution < -0.4 is 5.32 Å². The first-order valence-electron chi connectivity index (χ1n) is 6.00. The standard InChI is InChI=1S/C14H19N3/c1-10(2)12-6-4-5-7-13(12)15-8-14-11(3)16-9-17-14/h4-7,9-10,15H,8H2,1-3H3,(H,16,17). The molecule has 0 spiro atoms. The van der Waals surface area contributed by atoms with E-state index in [0.29, 0.717) is 5.92 Å².